The fraction of sp³-hybridized carbons (Fsp3) is 0.615. The smallest absolute Gasteiger partial charge is 0.399 e. The van der Waals surface area contributed by atoms with E-state index >= 15 is 0 Å². The Kier molecular flexibility index (Phi) is 3.60. The number of nitrogens with two attached hydrogens (primary N) is 1. The Balaban J connectivity index is 2.35. The molecule has 1 aliphatic heterocycles. The van der Waals surface area contributed by atoms with Crippen molar-refractivity contribution in [2.75, 3.05) is 12.3 Å². The zero-order valence-electron chi connectivity index (χ0n) is 11.9. The van der Waals surface area contributed by atoms with Crippen LogP contribution >= 0.6 is 0 Å². The first-order valence-electron chi connectivity index (χ1n) is 6.47. The minimum atomic E-state index is -0.498. The summed E-state index contributed by atoms with van der Waals surface area (Å²) in [4.78, 5) is 4.26. The Morgan fingerprint density at radius 3 is 2.37 bits per heavy atom. The summed E-state index contributed by atoms with van der Waals surface area (Å²) in [5, 5.41) is 9.11. The van der Waals surface area contributed by atoms with Crippen LogP contribution in [-0.2, 0) is 15.7 Å². The quantitative estimate of drug-likeness (QED) is 0.777. The van der Waals surface area contributed by atoms with Gasteiger partial charge in [0, 0.05) is 29.9 Å². The highest BCUT2D eigenvalue weighted by Crippen LogP contribution is 2.36. The Hall–Kier alpha value is -1.11. The lowest BCUT2D eigenvalue weighted by atomic mass is 9.77. The van der Waals surface area contributed by atoms with Crippen molar-refractivity contribution < 1.29 is 14.4 Å². The lowest BCUT2D eigenvalue weighted by molar-refractivity contribution is 0.00578. The second-order valence-corrected chi connectivity index (χ2v) is 5.87. The fourth-order valence-electron chi connectivity index (χ4n) is 2.02. The summed E-state index contributed by atoms with van der Waals surface area (Å²) in [7, 11) is -0.498. The van der Waals surface area contributed by atoms with Crippen LogP contribution in [0.25, 0.3) is 0 Å². The molecule has 0 atom stereocenters. The van der Waals surface area contributed by atoms with Gasteiger partial charge in [-0.25, -0.2) is 0 Å². The minimum absolute atomic E-state index is 0.0312. The molecule has 19 heavy (non-hydrogen) atoms. The molecule has 5 nitrogen and oxygen atoms in total. The average molecular weight is 264 g/mol. The zero-order chi connectivity index (χ0) is 14.3. The Bertz CT molecular complexity index is 461. The fourth-order valence-corrected chi connectivity index (χ4v) is 2.02. The maximum Gasteiger partial charge on any atom is 0.496 e. The molecule has 2 rings (SSSR count). The predicted octanol–water partition coefficient (Wildman–Crippen LogP) is 0.498. The van der Waals surface area contributed by atoms with Gasteiger partial charge in [-0.3, -0.25) is 4.98 Å². The molecule has 1 aromatic rings. The van der Waals surface area contributed by atoms with E-state index in [2.05, 4.69) is 4.98 Å². The molecular weight excluding hydrogens is 243 g/mol. The van der Waals surface area contributed by atoms with Gasteiger partial charge in [0.05, 0.1) is 17.4 Å². The molecular formula is C13H21BN2O3. The monoisotopic (exact) mass is 264 g/mol. The number of aliphatic hydroxyl groups excluding tert-OH is 1. The van der Waals surface area contributed by atoms with Crippen molar-refractivity contribution in [3.63, 3.8) is 0 Å². The molecule has 2 heterocycles. The number of anilines is 1. The van der Waals surface area contributed by atoms with E-state index in [1.807, 2.05) is 27.7 Å². The van der Waals surface area contributed by atoms with Crippen LogP contribution in [0.3, 0.4) is 0 Å². The molecule has 0 spiro atoms. The third kappa shape index (κ3) is 2.61. The van der Waals surface area contributed by atoms with Gasteiger partial charge in [-0.2, -0.15) is 0 Å². The number of pyridine rings is 1. The highest BCUT2D eigenvalue weighted by Gasteiger charge is 2.52. The SMILES string of the molecule is CC1(C)OB(c2cc(N)cnc2CCO)OC1(C)C. The van der Waals surface area contributed by atoms with E-state index in [4.69, 9.17) is 20.1 Å². The first-order valence-corrected chi connectivity index (χ1v) is 6.47. The van der Waals surface area contributed by atoms with Gasteiger partial charge >= 0.3 is 7.12 Å². The van der Waals surface area contributed by atoms with E-state index in [-0.39, 0.29) is 6.61 Å². The van der Waals surface area contributed by atoms with Crippen molar-refractivity contribution >= 4 is 18.3 Å². The molecule has 0 saturated carbocycles. The molecule has 104 valence electrons. The second-order valence-electron chi connectivity index (χ2n) is 5.87. The first kappa shape index (κ1) is 14.3. The Morgan fingerprint density at radius 2 is 1.84 bits per heavy atom. The maximum absolute atomic E-state index is 9.11. The predicted molar refractivity (Wildman–Crippen MR) is 75.2 cm³/mol. The molecule has 0 aliphatic carbocycles. The van der Waals surface area contributed by atoms with Crippen molar-refractivity contribution in [1.82, 2.24) is 4.98 Å². The van der Waals surface area contributed by atoms with Crippen LogP contribution in [0.1, 0.15) is 33.4 Å². The summed E-state index contributed by atoms with van der Waals surface area (Å²) in [6, 6.07) is 1.81. The van der Waals surface area contributed by atoms with Crippen molar-refractivity contribution in [1.29, 1.82) is 0 Å². The molecule has 1 aromatic heterocycles. The van der Waals surface area contributed by atoms with Gasteiger partial charge in [0.2, 0.25) is 0 Å². The normalized spacial score (nSPS) is 20.8. The van der Waals surface area contributed by atoms with Crippen LogP contribution in [-0.4, -0.2) is 35.0 Å². The van der Waals surface area contributed by atoms with Crippen LogP contribution in [0.15, 0.2) is 12.3 Å². The number of nitrogens with zero attached hydrogens (tertiary/aromatic N) is 1. The molecule has 0 radical (unpaired) electrons. The topological polar surface area (TPSA) is 77.6 Å². The third-order valence-electron chi connectivity index (χ3n) is 3.88. The van der Waals surface area contributed by atoms with E-state index in [0.717, 1.165) is 11.2 Å². The number of hydrogen-bond donors (Lipinski definition) is 2. The summed E-state index contributed by atoms with van der Waals surface area (Å²) >= 11 is 0. The van der Waals surface area contributed by atoms with Crippen LogP contribution in [0.4, 0.5) is 5.69 Å². The van der Waals surface area contributed by atoms with Gasteiger partial charge in [0.1, 0.15) is 0 Å². The van der Waals surface area contributed by atoms with Gasteiger partial charge in [-0.15, -0.1) is 0 Å². The van der Waals surface area contributed by atoms with Crippen molar-refractivity contribution in [2.24, 2.45) is 0 Å². The van der Waals surface area contributed by atoms with Gasteiger partial charge in [0.25, 0.3) is 0 Å². The van der Waals surface area contributed by atoms with E-state index in [1.54, 1.807) is 12.3 Å². The number of rotatable bonds is 3. The second kappa shape index (κ2) is 4.78. The van der Waals surface area contributed by atoms with Crippen molar-refractivity contribution in [3.8, 4) is 0 Å². The van der Waals surface area contributed by atoms with Gasteiger partial charge in [-0.1, -0.05) is 0 Å². The lowest BCUT2D eigenvalue weighted by Gasteiger charge is -2.32. The summed E-state index contributed by atoms with van der Waals surface area (Å²) in [6.07, 6.45) is 2.04. The van der Waals surface area contributed by atoms with E-state index < -0.39 is 18.3 Å². The van der Waals surface area contributed by atoms with Gasteiger partial charge < -0.3 is 20.1 Å². The molecule has 3 N–H and O–H groups in total. The first-order chi connectivity index (χ1) is 8.77. The molecule has 0 unspecified atom stereocenters. The molecule has 1 aliphatic rings. The molecule has 1 saturated heterocycles. The number of aliphatic hydroxyl groups is 1. The minimum Gasteiger partial charge on any atom is -0.399 e. The van der Waals surface area contributed by atoms with Crippen molar-refractivity contribution in [3.05, 3.63) is 18.0 Å². The summed E-state index contributed by atoms with van der Waals surface area (Å²) in [6.45, 7) is 8.02. The molecule has 0 amide bonds. The molecule has 6 heteroatoms. The highest BCUT2D eigenvalue weighted by molar-refractivity contribution is 6.62. The summed E-state index contributed by atoms with van der Waals surface area (Å²) in [5.41, 5.74) is 7.10. The standard InChI is InChI=1S/C13H21BN2O3/c1-12(2)13(3,4)19-14(18-12)10-7-9(15)8-16-11(10)5-6-17/h7-8,17H,5-6,15H2,1-4H3. The zero-order valence-corrected chi connectivity index (χ0v) is 11.9. The molecule has 0 bridgehead atoms. The average Bonchev–Trinajstić information content (AvgIpc) is 2.51. The van der Waals surface area contributed by atoms with E-state index in [0.29, 0.717) is 12.1 Å². The van der Waals surface area contributed by atoms with Crippen LogP contribution in [0, 0.1) is 0 Å². The number of hydrogen-bond acceptors (Lipinski definition) is 5. The van der Waals surface area contributed by atoms with Crippen LogP contribution < -0.4 is 11.2 Å². The van der Waals surface area contributed by atoms with E-state index in [9.17, 15) is 0 Å². The van der Waals surface area contributed by atoms with Crippen LogP contribution in [0.5, 0.6) is 0 Å². The molecule has 1 fully saturated rings. The largest absolute Gasteiger partial charge is 0.496 e. The van der Waals surface area contributed by atoms with Gasteiger partial charge in [0.15, 0.2) is 0 Å². The Labute approximate surface area is 114 Å². The van der Waals surface area contributed by atoms with E-state index in [1.165, 1.54) is 0 Å². The highest BCUT2D eigenvalue weighted by atomic mass is 16.7. The summed E-state index contributed by atoms with van der Waals surface area (Å²) < 4.78 is 12.0. The van der Waals surface area contributed by atoms with Crippen LogP contribution in [0.2, 0.25) is 0 Å². The third-order valence-corrected chi connectivity index (χ3v) is 3.88. The Morgan fingerprint density at radius 1 is 1.26 bits per heavy atom. The number of nitrogen functional groups attached to an aromatic ring is 1. The summed E-state index contributed by atoms with van der Waals surface area (Å²) in [5.74, 6) is 0. The molecule has 0 aromatic carbocycles. The maximum atomic E-state index is 9.11. The lowest BCUT2D eigenvalue weighted by Crippen LogP contribution is -2.41. The van der Waals surface area contributed by atoms with Crippen molar-refractivity contribution in [2.45, 2.75) is 45.3 Å². The van der Waals surface area contributed by atoms with Gasteiger partial charge in [-0.05, 0) is 33.8 Å². The number of aromatic nitrogens is 1.